The van der Waals surface area contributed by atoms with Crippen molar-refractivity contribution >= 4 is 11.9 Å². The fourth-order valence-electron chi connectivity index (χ4n) is 7.95. The minimum atomic E-state index is -1.17. The monoisotopic (exact) mass is 701 g/mol. The van der Waals surface area contributed by atoms with Crippen molar-refractivity contribution in [3.8, 4) is 0 Å². The van der Waals surface area contributed by atoms with Crippen molar-refractivity contribution in [3.05, 3.63) is 35.5 Å². The Hall–Kier alpha value is -1.96. The van der Waals surface area contributed by atoms with E-state index in [2.05, 4.69) is 134 Å². The first-order valence-electron chi connectivity index (χ1n) is 19.1. The largest absolute Gasteiger partial charge is 0.462 e. The molecular formula is C43H76N2O5. The third-order valence-corrected chi connectivity index (χ3v) is 12.1. The number of rotatable bonds is 12. The molecule has 1 unspecified atom stereocenters. The highest BCUT2D eigenvalue weighted by atomic mass is 16.6. The molecule has 288 valence electrons. The molecule has 2 rings (SSSR count). The van der Waals surface area contributed by atoms with Crippen molar-refractivity contribution < 1.29 is 24.2 Å². The third kappa shape index (κ3) is 11.0. The summed E-state index contributed by atoms with van der Waals surface area (Å²) in [5.41, 5.74) is 1.14. The SMILES string of the molecule is C=C(/C=C(\C=C(/CO)C(C)(C)C)C(CCCC)C(C(=O)OC1CC(C)(C)N(C)C(C)(C)C1)C(=O)OC1CC(C)(C)N(C)C(C)(C)C1)C(C)(C)C. The van der Waals surface area contributed by atoms with Gasteiger partial charge in [-0.2, -0.15) is 0 Å². The van der Waals surface area contributed by atoms with Crippen molar-refractivity contribution in [2.45, 2.75) is 183 Å². The maximum absolute atomic E-state index is 14.8. The molecule has 1 N–H and O–H groups in total. The summed E-state index contributed by atoms with van der Waals surface area (Å²) in [5.74, 6) is -2.75. The van der Waals surface area contributed by atoms with E-state index >= 15 is 0 Å². The average molecular weight is 701 g/mol. The fourth-order valence-corrected chi connectivity index (χ4v) is 7.95. The first-order valence-corrected chi connectivity index (χ1v) is 19.1. The van der Waals surface area contributed by atoms with Gasteiger partial charge in [0.25, 0.3) is 0 Å². The van der Waals surface area contributed by atoms with E-state index in [1.165, 1.54) is 0 Å². The highest BCUT2D eigenvalue weighted by molar-refractivity contribution is 5.96. The Labute approximate surface area is 307 Å². The average Bonchev–Trinajstić information content (AvgIpc) is 2.92. The number of hydrogen-bond acceptors (Lipinski definition) is 7. The van der Waals surface area contributed by atoms with E-state index in [0.29, 0.717) is 32.1 Å². The molecule has 2 heterocycles. The Kier molecular flexibility index (Phi) is 14.1. The Morgan fingerprint density at radius 2 is 1.14 bits per heavy atom. The zero-order chi connectivity index (χ0) is 38.8. The van der Waals surface area contributed by atoms with Crippen molar-refractivity contribution in [2.75, 3.05) is 20.7 Å². The van der Waals surface area contributed by atoms with Gasteiger partial charge < -0.3 is 14.6 Å². The van der Waals surface area contributed by atoms with E-state index in [-0.39, 0.29) is 51.8 Å². The minimum absolute atomic E-state index is 0.137. The van der Waals surface area contributed by atoms with Gasteiger partial charge in [0.1, 0.15) is 12.2 Å². The van der Waals surface area contributed by atoms with E-state index in [4.69, 9.17) is 9.47 Å². The van der Waals surface area contributed by atoms with Crippen LogP contribution in [0.4, 0.5) is 0 Å². The fraction of sp³-hybridized carbons (Fsp3) is 0.814. The van der Waals surface area contributed by atoms with Crippen molar-refractivity contribution in [1.29, 1.82) is 0 Å². The number of aliphatic hydroxyl groups excluding tert-OH is 1. The van der Waals surface area contributed by atoms with Gasteiger partial charge >= 0.3 is 11.9 Å². The van der Waals surface area contributed by atoms with E-state index < -0.39 is 23.8 Å². The van der Waals surface area contributed by atoms with Crippen molar-refractivity contribution in [1.82, 2.24) is 9.80 Å². The van der Waals surface area contributed by atoms with E-state index in [9.17, 15) is 14.7 Å². The van der Waals surface area contributed by atoms with E-state index in [1.54, 1.807) is 0 Å². The predicted octanol–water partition coefficient (Wildman–Crippen LogP) is 9.29. The van der Waals surface area contributed by atoms with Crippen LogP contribution in [0.1, 0.15) is 149 Å². The molecule has 2 aliphatic heterocycles. The maximum Gasteiger partial charge on any atom is 0.321 e. The molecule has 1 atom stereocenters. The molecule has 0 aromatic heterocycles. The minimum Gasteiger partial charge on any atom is -0.462 e. The number of likely N-dealkylation sites (tertiary alicyclic amines) is 2. The second-order valence-electron chi connectivity index (χ2n) is 20.0. The van der Waals surface area contributed by atoms with Gasteiger partial charge in [-0.05, 0) is 103 Å². The summed E-state index contributed by atoms with van der Waals surface area (Å²) in [6, 6.07) is 0. The van der Waals surface area contributed by atoms with Crippen LogP contribution >= 0.6 is 0 Å². The number of carbonyl (C=O) groups excluding carboxylic acids is 2. The van der Waals surface area contributed by atoms with Crippen molar-refractivity contribution in [2.24, 2.45) is 22.7 Å². The molecule has 0 bridgehead atoms. The Bertz CT molecular complexity index is 1180. The predicted molar refractivity (Wildman–Crippen MR) is 208 cm³/mol. The van der Waals surface area contributed by atoms with Crippen LogP contribution < -0.4 is 0 Å². The lowest BCUT2D eigenvalue weighted by molar-refractivity contribution is -0.179. The molecule has 2 aliphatic rings. The molecule has 0 amide bonds. The molecular weight excluding hydrogens is 624 g/mol. The molecule has 0 spiro atoms. The smallest absolute Gasteiger partial charge is 0.321 e. The van der Waals surface area contributed by atoms with Crippen molar-refractivity contribution in [3.63, 3.8) is 0 Å². The first-order chi connectivity index (χ1) is 22.5. The maximum atomic E-state index is 14.8. The highest BCUT2D eigenvalue weighted by Crippen LogP contribution is 2.42. The lowest BCUT2D eigenvalue weighted by atomic mass is 9.75. The number of allylic oxidation sites excluding steroid dienone is 4. The Morgan fingerprint density at radius 3 is 1.44 bits per heavy atom. The summed E-state index contributed by atoms with van der Waals surface area (Å²) in [4.78, 5) is 34.3. The van der Waals surface area contributed by atoms with Gasteiger partial charge in [0, 0.05) is 53.8 Å². The van der Waals surface area contributed by atoms with Gasteiger partial charge in [-0.15, -0.1) is 0 Å². The lowest BCUT2D eigenvalue weighted by Crippen LogP contribution is -2.61. The van der Waals surface area contributed by atoms with Gasteiger partial charge in [-0.3, -0.25) is 19.4 Å². The standard InChI is InChI=1S/C43H76N2O5/c1-19-20-21-34(30(22-29(2)38(3,4)5)23-31(28-46)39(6,7)8)35(36(47)49-32-24-40(9,10)44(17)41(11,12)25-32)37(48)50-33-26-42(13,14)45(18)43(15,16)27-33/h22-23,32-35,46H,2,19-21,24-28H2,1,3-18H3/b30-22+,31-23+. The van der Waals surface area contributed by atoms with Crippen LogP contribution in [0.2, 0.25) is 0 Å². The molecule has 50 heavy (non-hydrogen) atoms. The number of esters is 2. The summed E-state index contributed by atoms with van der Waals surface area (Å²) >= 11 is 0. The third-order valence-electron chi connectivity index (χ3n) is 12.1. The number of ether oxygens (including phenoxy) is 2. The summed E-state index contributed by atoms with van der Waals surface area (Å²) in [5, 5.41) is 10.6. The molecule has 0 aliphatic carbocycles. The Morgan fingerprint density at radius 1 is 0.760 bits per heavy atom. The molecule has 7 nitrogen and oxygen atoms in total. The highest BCUT2D eigenvalue weighted by Gasteiger charge is 2.49. The zero-order valence-corrected chi connectivity index (χ0v) is 35.3. The van der Waals surface area contributed by atoms with Gasteiger partial charge in [-0.25, -0.2) is 0 Å². The second-order valence-corrected chi connectivity index (χ2v) is 20.0. The number of unbranched alkanes of at least 4 members (excludes halogenated alkanes) is 1. The van der Waals surface area contributed by atoms with Gasteiger partial charge in [-0.1, -0.05) is 80.0 Å². The van der Waals surface area contributed by atoms with Crippen LogP contribution in [0, 0.1) is 22.7 Å². The lowest BCUT2D eigenvalue weighted by Gasteiger charge is -2.53. The molecule has 7 heteroatoms. The van der Waals surface area contributed by atoms with Crippen LogP contribution in [-0.4, -0.2) is 81.9 Å². The van der Waals surface area contributed by atoms with Crippen LogP contribution in [-0.2, 0) is 19.1 Å². The molecule has 2 fully saturated rings. The summed E-state index contributed by atoms with van der Waals surface area (Å²) < 4.78 is 12.9. The number of hydrogen-bond donors (Lipinski definition) is 1. The second kappa shape index (κ2) is 16.0. The summed E-state index contributed by atoms with van der Waals surface area (Å²) in [6.45, 7) is 36.4. The number of nitrogens with zero attached hydrogens (tertiary/aromatic N) is 2. The number of carbonyl (C=O) groups is 2. The molecule has 2 saturated heterocycles. The van der Waals surface area contributed by atoms with E-state index in [0.717, 1.165) is 29.6 Å². The Balaban J connectivity index is 2.79. The van der Waals surface area contributed by atoms with Gasteiger partial charge in [0.2, 0.25) is 0 Å². The molecule has 0 aromatic rings. The quantitative estimate of drug-likeness (QED) is 0.124. The van der Waals surface area contributed by atoms with Gasteiger partial charge in [0.05, 0.1) is 6.61 Å². The number of piperidine rings is 2. The summed E-state index contributed by atoms with van der Waals surface area (Å²) in [7, 11) is 4.26. The normalized spacial score (nSPS) is 23.1. The number of aliphatic hydroxyl groups is 1. The molecule has 0 radical (unpaired) electrons. The van der Waals surface area contributed by atoms with Crippen LogP contribution in [0.25, 0.3) is 0 Å². The van der Waals surface area contributed by atoms with Crippen LogP contribution in [0.3, 0.4) is 0 Å². The molecule has 0 aromatic carbocycles. The zero-order valence-electron chi connectivity index (χ0n) is 35.3. The molecule has 0 saturated carbocycles. The van der Waals surface area contributed by atoms with Crippen LogP contribution in [0.15, 0.2) is 35.5 Å². The van der Waals surface area contributed by atoms with E-state index in [1.807, 2.05) is 12.2 Å². The van der Waals surface area contributed by atoms with Crippen LogP contribution in [0.5, 0.6) is 0 Å². The van der Waals surface area contributed by atoms with Gasteiger partial charge in [0.15, 0.2) is 5.92 Å². The first kappa shape index (κ1) is 44.2. The summed E-state index contributed by atoms with van der Waals surface area (Å²) in [6.07, 6.45) is 8.31. The topological polar surface area (TPSA) is 79.3 Å².